The van der Waals surface area contributed by atoms with Gasteiger partial charge in [-0.1, -0.05) is 23.4 Å². The smallest absolute Gasteiger partial charge is 0.279 e. The molecule has 0 fully saturated rings. The first kappa shape index (κ1) is 12.9. The number of hydrogen-bond acceptors (Lipinski definition) is 4. The first-order chi connectivity index (χ1) is 8.19. The molecule has 90 valence electrons. The Hall–Kier alpha value is -2.17. The van der Waals surface area contributed by atoms with Gasteiger partial charge >= 0.3 is 0 Å². The number of para-hydroxylation sites is 1. The SMILES string of the molecule is CCN=C(C)/C(=N/O)C(=O)Nc1ccccc1. The lowest BCUT2D eigenvalue weighted by Crippen LogP contribution is -2.28. The molecule has 0 aliphatic rings. The van der Waals surface area contributed by atoms with Gasteiger partial charge in [-0.05, 0) is 26.0 Å². The summed E-state index contributed by atoms with van der Waals surface area (Å²) < 4.78 is 0. The van der Waals surface area contributed by atoms with E-state index in [4.69, 9.17) is 5.21 Å². The molecule has 0 spiro atoms. The van der Waals surface area contributed by atoms with E-state index in [2.05, 4.69) is 15.5 Å². The molecule has 0 radical (unpaired) electrons. The van der Waals surface area contributed by atoms with Gasteiger partial charge in [0.05, 0.1) is 5.71 Å². The van der Waals surface area contributed by atoms with Gasteiger partial charge in [-0.2, -0.15) is 0 Å². The van der Waals surface area contributed by atoms with Crippen LogP contribution < -0.4 is 5.32 Å². The summed E-state index contributed by atoms with van der Waals surface area (Å²) >= 11 is 0. The van der Waals surface area contributed by atoms with Gasteiger partial charge in [-0.15, -0.1) is 0 Å². The molecule has 17 heavy (non-hydrogen) atoms. The molecule has 5 heteroatoms. The number of oxime groups is 1. The van der Waals surface area contributed by atoms with Gasteiger partial charge < -0.3 is 10.5 Å². The van der Waals surface area contributed by atoms with Crippen molar-refractivity contribution in [3.05, 3.63) is 30.3 Å². The summed E-state index contributed by atoms with van der Waals surface area (Å²) in [5, 5.41) is 14.4. The summed E-state index contributed by atoms with van der Waals surface area (Å²) in [5.74, 6) is -0.478. The van der Waals surface area contributed by atoms with E-state index in [-0.39, 0.29) is 5.71 Å². The highest BCUT2D eigenvalue weighted by Gasteiger charge is 2.15. The summed E-state index contributed by atoms with van der Waals surface area (Å²) in [5.41, 5.74) is 0.974. The molecule has 5 nitrogen and oxygen atoms in total. The molecule has 0 bridgehead atoms. The van der Waals surface area contributed by atoms with Gasteiger partial charge in [0.25, 0.3) is 5.91 Å². The Labute approximate surface area is 99.9 Å². The highest BCUT2D eigenvalue weighted by atomic mass is 16.4. The number of aliphatic imine (C=N–C) groups is 1. The van der Waals surface area contributed by atoms with Gasteiger partial charge in [-0.25, -0.2) is 0 Å². The van der Waals surface area contributed by atoms with Gasteiger partial charge in [0.1, 0.15) is 0 Å². The van der Waals surface area contributed by atoms with Crippen molar-refractivity contribution in [1.82, 2.24) is 0 Å². The molecule has 1 aromatic rings. The third kappa shape index (κ3) is 3.71. The second kappa shape index (κ2) is 6.42. The molecule has 0 unspecified atom stereocenters. The summed E-state index contributed by atoms with van der Waals surface area (Å²) in [6.45, 7) is 4.00. The molecular formula is C12H15N3O2. The number of benzene rings is 1. The standard InChI is InChI=1S/C12H15N3O2/c1-3-13-9(2)11(15-17)12(16)14-10-7-5-4-6-8-10/h4-8,17H,3H2,1-2H3,(H,14,16)/b13-9?,15-11-. The van der Waals surface area contributed by atoms with E-state index in [9.17, 15) is 4.79 Å². The third-order valence-corrected chi connectivity index (χ3v) is 2.08. The Kier molecular flexibility index (Phi) is 4.87. The van der Waals surface area contributed by atoms with Crippen LogP contribution >= 0.6 is 0 Å². The molecule has 1 rings (SSSR count). The van der Waals surface area contributed by atoms with E-state index in [1.54, 1.807) is 31.2 Å². The average molecular weight is 233 g/mol. The molecule has 0 heterocycles. The number of hydrogen-bond donors (Lipinski definition) is 2. The fourth-order valence-electron chi connectivity index (χ4n) is 1.31. The lowest BCUT2D eigenvalue weighted by Gasteiger charge is -2.05. The lowest BCUT2D eigenvalue weighted by atomic mass is 10.2. The predicted molar refractivity (Wildman–Crippen MR) is 67.9 cm³/mol. The van der Waals surface area contributed by atoms with E-state index >= 15 is 0 Å². The number of nitrogens with one attached hydrogen (secondary N) is 1. The van der Waals surface area contributed by atoms with Gasteiger partial charge in [0.2, 0.25) is 0 Å². The monoisotopic (exact) mass is 233 g/mol. The van der Waals surface area contributed by atoms with Gasteiger partial charge in [0, 0.05) is 12.2 Å². The zero-order valence-corrected chi connectivity index (χ0v) is 9.84. The van der Waals surface area contributed by atoms with E-state index < -0.39 is 5.91 Å². The molecule has 0 saturated carbocycles. The van der Waals surface area contributed by atoms with Crippen molar-refractivity contribution in [1.29, 1.82) is 0 Å². The van der Waals surface area contributed by atoms with E-state index in [1.165, 1.54) is 0 Å². The molecule has 1 amide bonds. The van der Waals surface area contributed by atoms with E-state index in [1.807, 2.05) is 13.0 Å². The lowest BCUT2D eigenvalue weighted by molar-refractivity contribution is -0.110. The second-order valence-corrected chi connectivity index (χ2v) is 3.33. The minimum atomic E-state index is -0.478. The number of carbonyl (C=O) groups excluding carboxylic acids is 1. The number of carbonyl (C=O) groups is 1. The molecule has 2 N–H and O–H groups in total. The molecule has 0 aliphatic heterocycles. The predicted octanol–water partition coefficient (Wildman–Crippen LogP) is 1.94. The molecule has 0 aromatic heterocycles. The topological polar surface area (TPSA) is 74.0 Å². The van der Waals surface area contributed by atoms with Crippen molar-refractivity contribution in [2.75, 3.05) is 11.9 Å². The minimum absolute atomic E-state index is 0.0734. The largest absolute Gasteiger partial charge is 0.410 e. The van der Waals surface area contributed by atoms with Crippen LogP contribution in [0.2, 0.25) is 0 Å². The number of rotatable bonds is 4. The van der Waals surface area contributed by atoms with Gasteiger partial charge in [0.15, 0.2) is 5.71 Å². The van der Waals surface area contributed by atoms with Crippen LogP contribution in [0.5, 0.6) is 0 Å². The summed E-state index contributed by atoms with van der Waals surface area (Å²) in [4.78, 5) is 15.8. The Bertz CT molecular complexity index is 438. The highest BCUT2D eigenvalue weighted by Crippen LogP contribution is 2.05. The average Bonchev–Trinajstić information content (AvgIpc) is 2.31. The molecule has 0 aliphatic carbocycles. The van der Waals surface area contributed by atoms with Crippen LogP contribution in [0.1, 0.15) is 13.8 Å². The molecule has 0 atom stereocenters. The molecular weight excluding hydrogens is 218 g/mol. The summed E-state index contributed by atoms with van der Waals surface area (Å²) in [7, 11) is 0. The summed E-state index contributed by atoms with van der Waals surface area (Å²) in [6.07, 6.45) is 0. The van der Waals surface area contributed by atoms with Crippen molar-refractivity contribution in [3.63, 3.8) is 0 Å². The van der Waals surface area contributed by atoms with Crippen LogP contribution in [0.15, 0.2) is 40.5 Å². The normalized spacial score (nSPS) is 12.4. The second-order valence-electron chi connectivity index (χ2n) is 3.33. The first-order valence-electron chi connectivity index (χ1n) is 5.29. The zero-order chi connectivity index (χ0) is 12.7. The summed E-state index contributed by atoms with van der Waals surface area (Å²) in [6, 6.07) is 8.95. The minimum Gasteiger partial charge on any atom is -0.410 e. The van der Waals surface area contributed by atoms with Crippen molar-refractivity contribution in [3.8, 4) is 0 Å². The van der Waals surface area contributed by atoms with Crippen molar-refractivity contribution in [2.45, 2.75) is 13.8 Å². The van der Waals surface area contributed by atoms with Crippen LogP contribution in [0.3, 0.4) is 0 Å². The number of amides is 1. The third-order valence-electron chi connectivity index (χ3n) is 2.08. The Morgan fingerprint density at radius 2 is 2.00 bits per heavy atom. The van der Waals surface area contributed by atoms with Crippen molar-refractivity contribution in [2.24, 2.45) is 10.1 Å². The molecule has 1 aromatic carbocycles. The first-order valence-corrected chi connectivity index (χ1v) is 5.29. The quantitative estimate of drug-likeness (QED) is 0.473. The van der Waals surface area contributed by atoms with Gasteiger partial charge in [-0.3, -0.25) is 9.79 Å². The van der Waals surface area contributed by atoms with Crippen LogP contribution in [0.4, 0.5) is 5.69 Å². The zero-order valence-electron chi connectivity index (χ0n) is 9.84. The Morgan fingerprint density at radius 3 is 2.53 bits per heavy atom. The highest BCUT2D eigenvalue weighted by molar-refractivity contribution is 6.68. The maximum atomic E-state index is 11.8. The van der Waals surface area contributed by atoms with E-state index in [0.717, 1.165) is 0 Å². The van der Waals surface area contributed by atoms with Crippen molar-refractivity contribution >= 4 is 23.0 Å². The van der Waals surface area contributed by atoms with E-state index in [0.29, 0.717) is 17.9 Å². The fourth-order valence-corrected chi connectivity index (χ4v) is 1.31. The maximum Gasteiger partial charge on any atom is 0.279 e. The van der Waals surface area contributed by atoms with Crippen LogP contribution in [0.25, 0.3) is 0 Å². The maximum absolute atomic E-state index is 11.8. The Balaban J connectivity index is 2.79. The van der Waals surface area contributed by atoms with Crippen molar-refractivity contribution < 1.29 is 10.0 Å². The number of nitrogens with zero attached hydrogens (tertiary/aromatic N) is 2. The molecule has 0 saturated heterocycles. The number of anilines is 1. The Morgan fingerprint density at radius 1 is 1.35 bits per heavy atom. The van der Waals surface area contributed by atoms with Crippen LogP contribution in [-0.4, -0.2) is 29.1 Å². The van der Waals surface area contributed by atoms with Crippen LogP contribution in [-0.2, 0) is 4.79 Å². The fraction of sp³-hybridized carbons (Fsp3) is 0.250. The van der Waals surface area contributed by atoms with Crippen LogP contribution in [0, 0.1) is 0 Å².